The quantitative estimate of drug-likeness (QED) is 0.441. The number of nitrogens with zero attached hydrogens (tertiary/aromatic N) is 1. The molecule has 0 amide bonds. The van der Waals surface area contributed by atoms with Crippen LogP contribution in [0.5, 0.6) is 5.75 Å². The summed E-state index contributed by atoms with van der Waals surface area (Å²) in [6, 6.07) is 15.5. The molecule has 36 heavy (non-hydrogen) atoms. The van der Waals surface area contributed by atoms with E-state index < -0.39 is 5.92 Å². The van der Waals surface area contributed by atoms with Gasteiger partial charge in [0.05, 0.1) is 0 Å². The average molecular weight is 504 g/mol. The maximum atomic E-state index is 13.7. The van der Waals surface area contributed by atoms with Crippen molar-refractivity contribution in [2.45, 2.75) is 65.9 Å². The van der Waals surface area contributed by atoms with E-state index in [2.05, 4.69) is 32.6 Å². The van der Waals surface area contributed by atoms with Crippen LogP contribution in [0.3, 0.4) is 0 Å². The van der Waals surface area contributed by atoms with Gasteiger partial charge in [0.1, 0.15) is 12.4 Å². The summed E-state index contributed by atoms with van der Waals surface area (Å²) >= 11 is 6.38. The highest BCUT2D eigenvalue weighted by Crippen LogP contribution is 2.55. The number of carbonyl (C=O) groups is 2. The van der Waals surface area contributed by atoms with Gasteiger partial charge in [0.25, 0.3) is 0 Å². The van der Waals surface area contributed by atoms with Gasteiger partial charge < -0.3 is 9.64 Å². The number of carbonyl (C=O) groups excluding carboxylic acids is 2. The first-order valence-electron chi connectivity index (χ1n) is 12.7. The van der Waals surface area contributed by atoms with Gasteiger partial charge in [-0.15, -0.1) is 0 Å². The Morgan fingerprint density at radius 2 is 1.36 bits per heavy atom. The number of rotatable bonds is 4. The van der Waals surface area contributed by atoms with Crippen molar-refractivity contribution in [3.63, 3.8) is 0 Å². The molecule has 0 atom stereocenters. The van der Waals surface area contributed by atoms with Crippen LogP contribution in [0.2, 0.25) is 5.02 Å². The van der Waals surface area contributed by atoms with Crippen LogP contribution in [-0.4, -0.2) is 23.5 Å². The first-order valence-corrected chi connectivity index (χ1v) is 13.1. The lowest BCUT2D eigenvalue weighted by atomic mass is 9.63. The highest BCUT2D eigenvalue weighted by Gasteiger charge is 2.48. The molecule has 188 valence electrons. The second-order valence-electron chi connectivity index (χ2n) is 12.0. The third-order valence-corrected chi connectivity index (χ3v) is 8.12. The fourth-order valence-corrected chi connectivity index (χ4v) is 6.29. The first-order chi connectivity index (χ1) is 17.0. The van der Waals surface area contributed by atoms with Crippen LogP contribution in [0.4, 0.5) is 0 Å². The Morgan fingerprint density at radius 3 is 1.94 bits per heavy atom. The summed E-state index contributed by atoms with van der Waals surface area (Å²) in [5, 5.41) is 0.652. The molecule has 5 rings (SSSR count). The number of ether oxygens (including phenoxy) is 1. The molecular weight excluding hydrogens is 470 g/mol. The topological polar surface area (TPSA) is 46.6 Å². The minimum absolute atomic E-state index is 0.124. The zero-order valence-corrected chi connectivity index (χ0v) is 22.5. The highest BCUT2D eigenvalue weighted by atomic mass is 35.5. The van der Waals surface area contributed by atoms with E-state index in [0.29, 0.717) is 30.2 Å². The van der Waals surface area contributed by atoms with Gasteiger partial charge in [-0.05, 0) is 35.8 Å². The van der Waals surface area contributed by atoms with Gasteiger partial charge >= 0.3 is 0 Å². The number of ketones is 2. The van der Waals surface area contributed by atoms with Crippen molar-refractivity contribution in [1.29, 1.82) is 0 Å². The van der Waals surface area contributed by atoms with Crippen LogP contribution >= 0.6 is 11.6 Å². The van der Waals surface area contributed by atoms with E-state index in [9.17, 15) is 9.59 Å². The lowest BCUT2D eigenvalue weighted by Crippen LogP contribution is -2.43. The van der Waals surface area contributed by atoms with Crippen LogP contribution in [-0.2, 0) is 16.2 Å². The standard InChI is InChI=1S/C31H34ClNO3/c1-30(2)14-22-28(24(34)16-30)27(29-23(33(22)5)15-31(3,4)17-25(29)35)20-11-7-9-13-26(20)36-18-19-10-6-8-12-21(19)32/h6-13,27H,14-18H2,1-5H3. The van der Waals surface area contributed by atoms with E-state index in [1.807, 2.05) is 55.6 Å². The second kappa shape index (κ2) is 8.92. The van der Waals surface area contributed by atoms with Gasteiger partial charge in [-0.25, -0.2) is 0 Å². The predicted molar refractivity (Wildman–Crippen MR) is 143 cm³/mol. The number of hydrogen-bond acceptors (Lipinski definition) is 4. The molecule has 0 radical (unpaired) electrons. The molecule has 0 saturated heterocycles. The fourth-order valence-electron chi connectivity index (χ4n) is 6.10. The predicted octanol–water partition coefficient (Wildman–Crippen LogP) is 7.23. The Morgan fingerprint density at radius 1 is 0.833 bits per heavy atom. The van der Waals surface area contributed by atoms with Crippen molar-refractivity contribution in [3.8, 4) is 5.75 Å². The number of halogens is 1. The molecular formula is C31H34ClNO3. The van der Waals surface area contributed by atoms with Crippen LogP contribution in [0, 0.1) is 10.8 Å². The van der Waals surface area contributed by atoms with Crippen molar-refractivity contribution in [2.24, 2.45) is 10.8 Å². The fraction of sp³-hybridized carbons (Fsp3) is 0.419. The molecule has 1 aliphatic heterocycles. The molecule has 0 N–H and O–H groups in total. The molecule has 0 unspecified atom stereocenters. The van der Waals surface area contributed by atoms with Crippen LogP contribution in [0.1, 0.15) is 70.4 Å². The van der Waals surface area contributed by atoms with E-state index in [0.717, 1.165) is 46.5 Å². The van der Waals surface area contributed by atoms with Crippen molar-refractivity contribution >= 4 is 23.2 Å². The van der Waals surface area contributed by atoms with Crippen molar-refractivity contribution in [3.05, 3.63) is 87.2 Å². The number of hydrogen-bond donors (Lipinski definition) is 0. The molecule has 2 aromatic rings. The molecule has 2 aromatic carbocycles. The summed E-state index contributed by atoms with van der Waals surface area (Å²) in [4.78, 5) is 29.6. The van der Waals surface area contributed by atoms with Crippen molar-refractivity contribution in [1.82, 2.24) is 4.90 Å². The molecule has 0 bridgehead atoms. The largest absolute Gasteiger partial charge is 0.489 e. The van der Waals surface area contributed by atoms with E-state index in [1.165, 1.54) is 0 Å². The highest BCUT2D eigenvalue weighted by molar-refractivity contribution is 6.31. The number of Topliss-reactive ketones (excluding diaryl/α,β-unsaturated/α-hetero) is 2. The molecule has 2 aliphatic carbocycles. The minimum Gasteiger partial charge on any atom is -0.489 e. The summed E-state index contributed by atoms with van der Waals surface area (Å²) in [6.07, 6.45) is 2.55. The van der Waals surface area contributed by atoms with Crippen LogP contribution < -0.4 is 4.74 Å². The van der Waals surface area contributed by atoms with Gasteiger partial charge in [-0.1, -0.05) is 75.7 Å². The molecule has 0 spiro atoms. The summed E-state index contributed by atoms with van der Waals surface area (Å²) in [7, 11) is 2.03. The zero-order valence-electron chi connectivity index (χ0n) is 21.8. The Labute approximate surface area is 219 Å². The molecule has 3 aliphatic rings. The smallest absolute Gasteiger partial charge is 0.162 e. The van der Waals surface area contributed by atoms with E-state index >= 15 is 0 Å². The molecule has 0 fully saturated rings. The maximum Gasteiger partial charge on any atom is 0.162 e. The molecule has 1 heterocycles. The van der Waals surface area contributed by atoms with E-state index in [4.69, 9.17) is 16.3 Å². The van der Waals surface area contributed by atoms with Crippen molar-refractivity contribution in [2.75, 3.05) is 7.05 Å². The lowest BCUT2D eigenvalue weighted by molar-refractivity contribution is -0.119. The number of benzene rings is 2. The normalized spacial score (nSPS) is 21.4. The second-order valence-corrected chi connectivity index (χ2v) is 12.4. The first kappa shape index (κ1) is 24.8. The zero-order chi connectivity index (χ0) is 25.8. The SMILES string of the molecule is CN1C2=C(C(=O)CC(C)(C)C2)C(c2ccccc2OCc2ccccc2Cl)C2=C1CC(C)(C)CC2=O. The summed E-state index contributed by atoms with van der Waals surface area (Å²) in [5.74, 6) is 0.521. The van der Waals surface area contributed by atoms with E-state index in [1.54, 1.807) is 0 Å². The summed E-state index contributed by atoms with van der Waals surface area (Å²) in [6.45, 7) is 8.91. The Hall–Kier alpha value is -2.85. The van der Waals surface area contributed by atoms with Crippen LogP contribution in [0.25, 0.3) is 0 Å². The van der Waals surface area contributed by atoms with Gasteiger partial charge in [-0.3, -0.25) is 9.59 Å². The molecule has 5 heteroatoms. The molecule has 0 aromatic heterocycles. The third kappa shape index (κ3) is 4.41. The number of allylic oxidation sites excluding steroid dienone is 4. The molecule has 4 nitrogen and oxygen atoms in total. The molecule has 0 saturated carbocycles. The van der Waals surface area contributed by atoms with Crippen LogP contribution in [0.15, 0.2) is 71.1 Å². The van der Waals surface area contributed by atoms with Crippen molar-refractivity contribution < 1.29 is 14.3 Å². The van der Waals surface area contributed by atoms with Gasteiger partial charge in [-0.2, -0.15) is 0 Å². The monoisotopic (exact) mass is 503 g/mol. The third-order valence-electron chi connectivity index (χ3n) is 7.75. The summed E-state index contributed by atoms with van der Waals surface area (Å²) < 4.78 is 6.33. The van der Waals surface area contributed by atoms with Gasteiger partial charge in [0.2, 0.25) is 0 Å². The number of para-hydroxylation sites is 1. The average Bonchev–Trinajstić information content (AvgIpc) is 2.79. The Kier molecular flexibility index (Phi) is 6.15. The lowest BCUT2D eigenvalue weighted by Gasteiger charge is -2.48. The van der Waals surface area contributed by atoms with E-state index in [-0.39, 0.29) is 22.4 Å². The summed E-state index contributed by atoms with van der Waals surface area (Å²) in [5.41, 5.74) is 5.14. The Balaban J connectivity index is 1.65. The maximum absolute atomic E-state index is 13.7. The van der Waals surface area contributed by atoms with Gasteiger partial charge in [0.15, 0.2) is 11.6 Å². The minimum atomic E-state index is -0.416. The van der Waals surface area contributed by atoms with Gasteiger partial charge in [0, 0.05) is 64.5 Å². The Bertz CT molecular complexity index is 1260.